The number of ether oxygens (including phenoxy) is 11. The van der Waals surface area contributed by atoms with Crippen LogP contribution in [0.1, 0.15) is 25.7 Å². The molecule has 0 N–H and O–H groups in total. The highest BCUT2D eigenvalue weighted by atomic mass is 16.6. The van der Waals surface area contributed by atoms with Gasteiger partial charge in [-0.15, -0.1) is 0 Å². The van der Waals surface area contributed by atoms with Crippen molar-refractivity contribution < 1.29 is 100 Å². The lowest BCUT2D eigenvalue weighted by atomic mass is 9.90. The average molecular weight is 933 g/mol. The van der Waals surface area contributed by atoms with Crippen molar-refractivity contribution in [3.05, 3.63) is 101 Å². The number of hydrogen-bond acceptors (Lipinski definition) is 21. The lowest BCUT2D eigenvalue weighted by Gasteiger charge is -2.35. The predicted octanol–water partition coefficient (Wildman–Crippen LogP) is 2.44. The zero-order valence-corrected chi connectivity index (χ0v) is 36.7. The number of esters is 10. The minimum Gasteiger partial charge on any atom is -0.465 e. The fourth-order valence-electron chi connectivity index (χ4n) is 4.65. The van der Waals surface area contributed by atoms with Crippen molar-refractivity contribution in [1.82, 2.24) is 0 Å². The molecule has 0 aliphatic carbocycles. The maximum atomic E-state index is 13.1. The zero-order valence-electron chi connectivity index (χ0n) is 36.7. The maximum absolute atomic E-state index is 13.1. The molecule has 0 fully saturated rings. The number of hydrogen-bond donors (Lipinski definition) is 0. The van der Waals surface area contributed by atoms with Gasteiger partial charge in [0.1, 0.15) is 71.5 Å². The largest absolute Gasteiger partial charge is 0.465 e. The molecule has 0 aromatic carbocycles. The molecule has 0 saturated heterocycles. The van der Waals surface area contributed by atoms with E-state index >= 15 is 0 Å². The first kappa shape index (κ1) is 58.6. The van der Waals surface area contributed by atoms with E-state index in [0.29, 0.717) is 0 Å². The number of carbonyl (C=O) groups is 10. The van der Waals surface area contributed by atoms with Gasteiger partial charge in [0.2, 0.25) is 0 Å². The Bertz CT molecular complexity index is 1660. The summed E-state index contributed by atoms with van der Waals surface area (Å²) in [6.45, 7) is 19.8. The molecule has 66 heavy (non-hydrogen) atoms. The molecule has 0 aliphatic rings. The first-order chi connectivity index (χ1) is 31.3. The molecule has 21 heteroatoms. The van der Waals surface area contributed by atoms with E-state index in [9.17, 15) is 47.9 Å². The van der Waals surface area contributed by atoms with Crippen LogP contribution >= 0.6 is 0 Å². The number of unbranched alkanes of at least 4 members (excludes halogenated alkanes) is 1. The lowest BCUT2D eigenvalue weighted by Crippen LogP contribution is -2.47. The Morgan fingerprint density at radius 1 is 0.273 bits per heavy atom. The molecule has 0 rings (SSSR count). The molecule has 0 aliphatic heterocycles. The zero-order chi connectivity index (χ0) is 50.0. The molecule has 362 valence electrons. The standard InChI is InChI=1S/C45H56O21/c1-9-33(46)57-23-43(24-58-34(47)10-2,25-59-35(48)11-3)21-56-22-44(26-60-36(49)12-4,27-61-37(50)13-5)28-65-41(54)19-17-18-20-42(55)66-32-45(29-62-38(51)14-6,30-63-39(52)15-7)31-64-40(53)16-8/h9-16H,1-8,17-32H2. The van der Waals surface area contributed by atoms with Crippen LogP contribution in [0.25, 0.3) is 0 Å². The molecular formula is C45H56O21. The fourth-order valence-corrected chi connectivity index (χ4v) is 4.65. The van der Waals surface area contributed by atoms with Crippen LogP contribution in [0.15, 0.2) is 101 Å². The summed E-state index contributed by atoms with van der Waals surface area (Å²) in [5.41, 5.74) is -4.84. The molecule has 0 amide bonds. The van der Waals surface area contributed by atoms with Crippen molar-refractivity contribution in [2.75, 3.05) is 79.3 Å². The van der Waals surface area contributed by atoms with Gasteiger partial charge in [0.25, 0.3) is 0 Å². The van der Waals surface area contributed by atoms with E-state index in [0.717, 1.165) is 48.6 Å². The van der Waals surface area contributed by atoms with E-state index in [2.05, 4.69) is 52.6 Å². The van der Waals surface area contributed by atoms with Crippen LogP contribution < -0.4 is 0 Å². The van der Waals surface area contributed by atoms with Gasteiger partial charge in [-0.25, -0.2) is 38.4 Å². The Hall–Kier alpha value is -7.42. The van der Waals surface area contributed by atoms with Gasteiger partial charge in [-0.3, -0.25) is 9.59 Å². The van der Waals surface area contributed by atoms with E-state index in [-0.39, 0.29) is 25.7 Å². The minimum absolute atomic E-state index is 0.0587. The summed E-state index contributed by atoms with van der Waals surface area (Å²) in [5, 5.41) is 0. The van der Waals surface area contributed by atoms with Gasteiger partial charge >= 0.3 is 59.7 Å². The summed E-state index contributed by atoms with van der Waals surface area (Å²) in [4.78, 5) is 122. The molecule has 0 aromatic heterocycles. The van der Waals surface area contributed by atoms with E-state index in [1.165, 1.54) is 0 Å². The molecule has 0 bridgehead atoms. The van der Waals surface area contributed by atoms with Gasteiger partial charge in [0, 0.05) is 61.4 Å². The van der Waals surface area contributed by atoms with Gasteiger partial charge in [-0.2, -0.15) is 0 Å². The van der Waals surface area contributed by atoms with Crippen molar-refractivity contribution in [1.29, 1.82) is 0 Å². The molecule has 0 aromatic rings. The normalized spacial score (nSPS) is 10.7. The second-order valence-electron chi connectivity index (χ2n) is 14.0. The van der Waals surface area contributed by atoms with Gasteiger partial charge < -0.3 is 52.1 Å². The second kappa shape index (κ2) is 32.3. The monoisotopic (exact) mass is 932 g/mol. The maximum Gasteiger partial charge on any atom is 0.330 e. The number of rotatable bonds is 37. The van der Waals surface area contributed by atoms with Crippen molar-refractivity contribution >= 4 is 59.7 Å². The Labute approximate surface area is 381 Å². The molecule has 0 radical (unpaired) electrons. The third-order valence-electron chi connectivity index (χ3n) is 8.41. The predicted molar refractivity (Wildman–Crippen MR) is 228 cm³/mol. The van der Waals surface area contributed by atoms with Crippen molar-refractivity contribution in [3.8, 4) is 0 Å². The SMILES string of the molecule is C=CC(=O)OCC(COCC(COC(=O)C=C)(COC(=O)C=C)COC(=O)CCCCC(=O)OCC(COC(=O)C=C)(COC(=O)C=C)COC(=O)C=C)(COC(=O)C=C)COC(=O)C=C. The van der Waals surface area contributed by atoms with Crippen LogP contribution in [0.2, 0.25) is 0 Å². The third-order valence-corrected chi connectivity index (χ3v) is 8.41. The van der Waals surface area contributed by atoms with Crippen molar-refractivity contribution in [2.24, 2.45) is 16.2 Å². The minimum atomic E-state index is -1.66. The van der Waals surface area contributed by atoms with E-state index in [1.807, 2.05) is 0 Å². The average Bonchev–Trinajstić information content (AvgIpc) is 3.33. The van der Waals surface area contributed by atoms with Crippen molar-refractivity contribution in [3.63, 3.8) is 0 Å². The Kier molecular flexibility index (Phi) is 28.6. The highest BCUT2D eigenvalue weighted by Crippen LogP contribution is 2.27. The second-order valence-corrected chi connectivity index (χ2v) is 14.0. The van der Waals surface area contributed by atoms with Crippen LogP contribution in [0.5, 0.6) is 0 Å². The summed E-state index contributed by atoms with van der Waals surface area (Å²) in [6.07, 6.45) is 6.40. The third kappa shape index (κ3) is 25.0. The quantitative estimate of drug-likeness (QED) is 0.0374. The summed E-state index contributed by atoms with van der Waals surface area (Å²) in [5.74, 6) is -8.77. The lowest BCUT2D eigenvalue weighted by molar-refractivity contribution is -0.173. The van der Waals surface area contributed by atoms with Crippen LogP contribution in [0.4, 0.5) is 0 Å². The first-order valence-electron chi connectivity index (χ1n) is 19.6. The van der Waals surface area contributed by atoms with Gasteiger partial charge in [0.15, 0.2) is 0 Å². The van der Waals surface area contributed by atoms with E-state index in [1.54, 1.807) is 0 Å². The van der Waals surface area contributed by atoms with Crippen LogP contribution in [-0.2, 0) is 100 Å². The van der Waals surface area contributed by atoms with Crippen molar-refractivity contribution in [2.45, 2.75) is 25.7 Å². The Balaban J connectivity index is 6.21. The summed E-state index contributed by atoms with van der Waals surface area (Å²) in [6, 6.07) is 0. The highest BCUT2D eigenvalue weighted by molar-refractivity contribution is 5.84. The smallest absolute Gasteiger partial charge is 0.330 e. The number of carbonyl (C=O) groups excluding carboxylic acids is 10. The molecule has 21 nitrogen and oxygen atoms in total. The van der Waals surface area contributed by atoms with Crippen LogP contribution in [-0.4, -0.2) is 139 Å². The summed E-state index contributed by atoms with van der Waals surface area (Å²) < 4.78 is 58.3. The first-order valence-corrected chi connectivity index (χ1v) is 19.6. The molecule has 0 spiro atoms. The van der Waals surface area contributed by atoms with Crippen LogP contribution in [0.3, 0.4) is 0 Å². The Morgan fingerprint density at radius 2 is 0.439 bits per heavy atom. The van der Waals surface area contributed by atoms with Gasteiger partial charge in [-0.1, -0.05) is 52.6 Å². The Morgan fingerprint density at radius 3 is 0.621 bits per heavy atom. The fraction of sp³-hybridized carbons (Fsp3) is 0.422. The highest BCUT2D eigenvalue weighted by Gasteiger charge is 2.41. The summed E-state index contributed by atoms with van der Waals surface area (Å²) in [7, 11) is 0. The molecule has 0 heterocycles. The topological polar surface area (TPSA) is 272 Å². The summed E-state index contributed by atoms with van der Waals surface area (Å²) >= 11 is 0. The molecular weight excluding hydrogens is 876 g/mol. The molecule has 0 saturated carbocycles. The molecule has 0 atom stereocenters. The van der Waals surface area contributed by atoms with Gasteiger partial charge in [-0.05, 0) is 12.8 Å². The van der Waals surface area contributed by atoms with E-state index in [4.69, 9.17) is 52.1 Å². The van der Waals surface area contributed by atoms with Crippen LogP contribution in [0, 0.1) is 16.2 Å². The van der Waals surface area contributed by atoms with Gasteiger partial charge in [0.05, 0.1) is 24.0 Å². The molecule has 0 unspecified atom stereocenters. The van der Waals surface area contributed by atoms with E-state index < -0.39 is 155 Å².